The molecule has 1 heterocycles. The number of likely N-dealkylation sites (N-methyl/N-ethyl adjacent to an activating group) is 1. The molecule has 0 aliphatic carbocycles. The highest BCUT2D eigenvalue weighted by Gasteiger charge is 2.29. The van der Waals surface area contributed by atoms with Crippen LogP contribution in [0, 0.1) is 5.92 Å². The van der Waals surface area contributed by atoms with Gasteiger partial charge in [-0.2, -0.15) is 0 Å². The van der Waals surface area contributed by atoms with Crippen LogP contribution in [0.5, 0.6) is 0 Å². The molecule has 0 unspecified atom stereocenters. The van der Waals surface area contributed by atoms with Crippen molar-refractivity contribution < 1.29 is 5.11 Å². The Balaban J connectivity index is 2.40. The van der Waals surface area contributed by atoms with Gasteiger partial charge in [0.05, 0.1) is 6.10 Å². The number of hydrogen-bond acceptors (Lipinski definition) is 2. The molecule has 2 heteroatoms. The number of likely N-dealkylation sites (tertiary alicyclic amines) is 1. The second kappa shape index (κ2) is 4.24. The van der Waals surface area contributed by atoms with Gasteiger partial charge in [0.15, 0.2) is 0 Å². The van der Waals surface area contributed by atoms with E-state index in [-0.39, 0.29) is 6.10 Å². The van der Waals surface area contributed by atoms with Crippen LogP contribution in [0.2, 0.25) is 0 Å². The Morgan fingerprint density at radius 1 is 1.50 bits per heavy atom. The highest BCUT2D eigenvalue weighted by Crippen LogP contribution is 2.22. The molecule has 2 atom stereocenters. The molecular formula is C10H21NO. The summed E-state index contributed by atoms with van der Waals surface area (Å²) < 4.78 is 0. The van der Waals surface area contributed by atoms with Crippen molar-refractivity contribution in [1.29, 1.82) is 0 Å². The summed E-state index contributed by atoms with van der Waals surface area (Å²) in [5.41, 5.74) is 0. The average Bonchev–Trinajstić information content (AvgIpc) is 2.29. The van der Waals surface area contributed by atoms with Gasteiger partial charge in [-0.1, -0.05) is 20.8 Å². The largest absolute Gasteiger partial charge is 0.392 e. The van der Waals surface area contributed by atoms with Gasteiger partial charge in [-0.05, 0) is 25.3 Å². The predicted octanol–water partition coefficient (Wildman–Crippen LogP) is 1.49. The zero-order valence-electron chi connectivity index (χ0n) is 8.45. The van der Waals surface area contributed by atoms with Crippen LogP contribution < -0.4 is 0 Å². The lowest BCUT2D eigenvalue weighted by atomic mass is 10.0. The van der Waals surface area contributed by atoms with Gasteiger partial charge in [-0.25, -0.2) is 0 Å². The first-order chi connectivity index (χ1) is 5.63. The lowest BCUT2D eigenvalue weighted by molar-refractivity contribution is 0.176. The van der Waals surface area contributed by atoms with Crippen LogP contribution in [0.1, 0.15) is 33.6 Å². The molecule has 1 aliphatic heterocycles. The maximum Gasteiger partial charge on any atom is 0.0682 e. The van der Waals surface area contributed by atoms with Gasteiger partial charge in [0.1, 0.15) is 0 Å². The first kappa shape index (κ1) is 10.0. The highest BCUT2D eigenvalue weighted by molar-refractivity contribution is 4.84. The Labute approximate surface area is 75.6 Å². The summed E-state index contributed by atoms with van der Waals surface area (Å²) in [4.78, 5) is 2.39. The summed E-state index contributed by atoms with van der Waals surface area (Å²) in [5, 5.41) is 9.47. The van der Waals surface area contributed by atoms with Crippen LogP contribution in [0.3, 0.4) is 0 Å². The van der Waals surface area contributed by atoms with Gasteiger partial charge in [-0.15, -0.1) is 0 Å². The SMILES string of the molecule is CCN1C[C@H](O)C[C@@H]1CC(C)C. The summed E-state index contributed by atoms with van der Waals surface area (Å²) in [6.45, 7) is 8.63. The fraction of sp³-hybridized carbons (Fsp3) is 1.00. The van der Waals surface area contributed by atoms with Crippen molar-refractivity contribution in [3.8, 4) is 0 Å². The van der Waals surface area contributed by atoms with E-state index >= 15 is 0 Å². The van der Waals surface area contributed by atoms with Gasteiger partial charge >= 0.3 is 0 Å². The molecule has 1 N–H and O–H groups in total. The number of hydrogen-bond donors (Lipinski definition) is 1. The lowest BCUT2D eigenvalue weighted by Crippen LogP contribution is -2.30. The zero-order valence-corrected chi connectivity index (χ0v) is 8.45. The summed E-state index contributed by atoms with van der Waals surface area (Å²) in [5.74, 6) is 0.745. The summed E-state index contributed by atoms with van der Waals surface area (Å²) in [7, 11) is 0. The third kappa shape index (κ3) is 2.46. The Kier molecular flexibility index (Phi) is 3.53. The van der Waals surface area contributed by atoms with Gasteiger partial charge in [0, 0.05) is 12.6 Å². The van der Waals surface area contributed by atoms with Gasteiger partial charge in [0.25, 0.3) is 0 Å². The van der Waals surface area contributed by atoms with E-state index in [1.165, 1.54) is 6.42 Å². The van der Waals surface area contributed by atoms with Crippen LogP contribution in [0.4, 0.5) is 0 Å². The molecule has 1 saturated heterocycles. The van der Waals surface area contributed by atoms with Gasteiger partial charge < -0.3 is 5.11 Å². The minimum absolute atomic E-state index is 0.0753. The number of β-amino-alcohol motifs (C(OH)–C–C–N with tert-alkyl or cyclic N) is 1. The Morgan fingerprint density at radius 2 is 2.17 bits per heavy atom. The number of aliphatic hydroxyl groups excluding tert-OH is 1. The van der Waals surface area contributed by atoms with Crippen molar-refractivity contribution in [3.63, 3.8) is 0 Å². The van der Waals surface area contributed by atoms with E-state index in [0.717, 1.165) is 25.4 Å². The summed E-state index contributed by atoms with van der Waals surface area (Å²) >= 11 is 0. The highest BCUT2D eigenvalue weighted by atomic mass is 16.3. The van der Waals surface area contributed by atoms with Crippen LogP contribution in [0.15, 0.2) is 0 Å². The van der Waals surface area contributed by atoms with Crippen molar-refractivity contribution >= 4 is 0 Å². The standard InChI is InChI=1S/C10H21NO/c1-4-11-7-10(12)6-9(11)5-8(2)3/h8-10,12H,4-7H2,1-3H3/t9-,10+/m0/s1. The molecule has 1 rings (SSSR count). The van der Waals surface area contributed by atoms with E-state index in [0.29, 0.717) is 6.04 Å². The molecule has 1 aliphatic rings. The molecule has 0 radical (unpaired) electrons. The summed E-state index contributed by atoms with van der Waals surface area (Å²) in [6, 6.07) is 0.630. The predicted molar refractivity (Wildman–Crippen MR) is 51.1 cm³/mol. The Morgan fingerprint density at radius 3 is 2.67 bits per heavy atom. The molecule has 0 amide bonds. The van der Waals surface area contributed by atoms with E-state index < -0.39 is 0 Å². The van der Waals surface area contributed by atoms with E-state index in [2.05, 4.69) is 25.7 Å². The molecule has 0 bridgehead atoms. The van der Waals surface area contributed by atoms with E-state index in [4.69, 9.17) is 0 Å². The first-order valence-corrected chi connectivity index (χ1v) is 5.05. The van der Waals surface area contributed by atoms with Crippen molar-refractivity contribution in [3.05, 3.63) is 0 Å². The quantitative estimate of drug-likeness (QED) is 0.695. The third-order valence-corrected chi connectivity index (χ3v) is 2.66. The topological polar surface area (TPSA) is 23.5 Å². The number of nitrogens with zero attached hydrogens (tertiary/aromatic N) is 1. The zero-order chi connectivity index (χ0) is 9.14. The van der Waals surface area contributed by atoms with E-state index in [1.807, 2.05) is 0 Å². The van der Waals surface area contributed by atoms with Crippen molar-refractivity contribution in [2.75, 3.05) is 13.1 Å². The minimum atomic E-state index is -0.0753. The maximum atomic E-state index is 9.47. The number of rotatable bonds is 3. The molecule has 72 valence electrons. The molecule has 2 nitrogen and oxygen atoms in total. The second-order valence-corrected chi connectivity index (χ2v) is 4.26. The summed E-state index contributed by atoms with van der Waals surface area (Å²) in [6.07, 6.45) is 2.13. The molecule has 0 spiro atoms. The van der Waals surface area contributed by atoms with E-state index in [1.54, 1.807) is 0 Å². The third-order valence-electron chi connectivity index (χ3n) is 2.66. The number of aliphatic hydroxyl groups is 1. The van der Waals surface area contributed by atoms with Crippen LogP contribution in [-0.4, -0.2) is 35.2 Å². The van der Waals surface area contributed by atoms with Crippen molar-refractivity contribution in [2.45, 2.75) is 45.8 Å². The first-order valence-electron chi connectivity index (χ1n) is 5.05. The molecule has 1 fully saturated rings. The molecular weight excluding hydrogens is 150 g/mol. The molecule has 12 heavy (non-hydrogen) atoms. The molecule has 0 aromatic heterocycles. The van der Waals surface area contributed by atoms with Gasteiger partial charge in [-0.3, -0.25) is 4.90 Å². The molecule has 0 aromatic rings. The monoisotopic (exact) mass is 171 g/mol. The fourth-order valence-electron chi connectivity index (χ4n) is 2.13. The lowest BCUT2D eigenvalue weighted by Gasteiger charge is -2.23. The Bertz CT molecular complexity index is 136. The molecule has 0 aromatic carbocycles. The van der Waals surface area contributed by atoms with Crippen molar-refractivity contribution in [1.82, 2.24) is 4.90 Å². The van der Waals surface area contributed by atoms with E-state index in [9.17, 15) is 5.11 Å². The normalized spacial score (nSPS) is 31.8. The average molecular weight is 171 g/mol. The fourth-order valence-corrected chi connectivity index (χ4v) is 2.13. The smallest absolute Gasteiger partial charge is 0.0682 e. The maximum absolute atomic E-state index is 9.47. The second-order valence-electron chi connectivity index (χ2n) is 4.26. The van der Waals surface area contributed by atoms with Crippen LogP contribution in [-0.2, 0) is 0 Å². The Hall–Kier alpha value is -0.0800. The van der Waals surface area contributed by atoms with Gasteiger partial charge in [0.2, 0.25) is 0 Å². The minimum Gasteiger partial charge on any atom is -0.392 e. The van der Waals surface area contributed by atoms with Crippen LogP contribution in [0.25, 0.3) is 0 Å². The van der Waals surface area contributed by atoms with Crippen molar-refractivity contribution in [2.24, 2.45) is 5.92 Å². The molecule has 0 saturated carbocycles. The van der Waals surface area contributed by atoms with Crippen LogP contribution >= 0.6 is 0 Å².